The van der Waals surface area contributed by atoms with E-state index in [-0.39, 0.29) is 0 Å². The maximum Gasteiger partial charge on any atom is 0.197 e. The molecule has 2 heterocycles. The number of aryl methyl sites for hydroxylation is 1. The summed E-state index contributed by atoms with van der Waals surface area (Å²) in [6.45, 7) is 2.05. The summed E-state index contributed by atoms with van der Waals surface area (Å²) < 4.78 is 5.65. The van der Waals surface area contributed by atoms with Crippen molar-refractivity contribution in [2.45, 2.75) is 32.1 Å². The number of aromatic nitrogens is 2. The second-order valence-electron chi connectivity index (χ2n) is 4.33. The highest BCUT2D eigenvalue weighted by Crippen LogP contribution is 2.40. The number of hydrogen-bond donors (Lipinski definition) is 0. The van der Waals surface area contributed by atoms with Crippen LogP contribution in [0.5, 0.6) is 0 Å². The molecular formula is C13H13ClN2O. The molecule has 0 spiro atoms. The maximum absolute atomic E-state index is 6.02. The Morgan fingerprint density at radius 3 is 2.82 bits per heavy atom. The zero-order valence-electron chi connectivity index (χ0n) is 9.61. The first-order valence-corrected chi connectivity index (χ1v) is 6.27. The van der Waals surface area contributed by atoms with Crippen LogP contribution in [0.15, 0.2) is 22.6 Å². The summed E-state index contributed by atoms with van der Waals surface area (Å²) in [6.07, 6.45) is 3.27. The minimum absolute atomic E-state index is 0.492. The van der Waals surface area contributed by atoms with E-state index in [9.17, 15) is 0 Å². The summed E-state index contributed by atoms with van der Waals surface area (Å²) in [5.41, 5.74) is 1.04. The van der Waals surface area contributed by atoms with Crippen LogP contribution >= 0.6 is 11.6 Å². The molecule has 0 unspecified atom stereocenters. The summed E-state index contributed by atoms with van der Waals surface area (Å²) >= 11 is 6.02. The van der Waals surface area contributed by atoms with E-state index in [0.717, 1.165) is 17.9 Å². The van der Waals surface area contributed by atoms with Gasteiger partial charge < -0.3 is 4.42 Å². The fraction of sp³-hybridized carbons (Fsp3) is 0.385. The molecule has 0 amide bonds. The van der Waals surface area contributed by atoms with Gasteiger partial charge in [0.05, 0.1) is 0 Å². The molecular weight excluding hydrogens is 236 g/mol. The van der Waals surface area contributed by atoms with Gasteiger partial charge in [0.15, 0.2) is 11.6 Å². The van der Waals surface area contributed by atoms with Crippen molar-refractivity contribution in [2.75, 3.05) is 0 Å². The molecule has 0 aliphatic heterocycles. The van der Waals surface area contributed by atoms with E-state index >= 15 is 0 Å². The zero-order valence-corrected chi connectivity index (χ0v) is 10.4. The average Bonchev–Trinajstić information content (AvgIpc) is 3.06. The molecule has 2 aromatic rings. The van der Waals surface area contributed by atoms with Gasteiger partial charge in [0.2, 0.25) is 0 Å². The molecule has 1 saturated carbocycles. The first-order chi connectivity index (χ1) is 8.26. The largest absolute Gasteiger partial charge is 0.458 e. The lowest BCUT2D eigenvalue weighted by atomic mass is 10.3. The highest BCUT2D eigenvalue weighted by molar-refractivity contribution is 6.29. The van der Waals surface area contributed by atoms with Crippen molar-refractivity contribution in [3.8, 4) is 11.6 Å². The molecule has 88 valence electrons. The van der Waals surface area contributed by atoms with Crippen LogP contribution in [0.2, 0.25) is 5.15 Å². The second-order valence-corrected chi connectivity index (χ2v) is 4.72. The molecule has 0 saturated heterocycles. The number of hydrogen-bond acceptors (Lipinski definition) is 3. The third-order valence-corrected chi connectivity index (χ3v) is 3.13. The lowest BCUT2D eigenvalue weighted by Crippen LogP contribution is -1.93. The first kappa shape index (κ1) is 10.8. The predicted octanol–water partition coefficient (Wildman–Crippen LogP) is 3.83. The summed E-state index contributed by atoms with van der Waals surface area (Å²) in [7, 11) is 0. The van der Waals surface area contributed by atoms with Crippen LogP contribution in [0.3, 0.4) is 0 Å². The van der Waals surface area contributed by atoms with Crippen molar-refractivity contribution in [1.29, 1.82) is 0 Å². The lowest BCUT2D eigenvalue weighted by molar-refractivity contribution is 0.525. The van der Waals surface area contributed by atoms with Crippen LogP contribution < -0.4 is 0 Å². The van der Waals surface area contributed by atoms with E-state index in [2.05, 4.69) is 16.9 Å². The van der Waals surface area contributed by atoms with Gasteiger partial charge in [0.25, 0.3) is 0 Å². The topological polar surface area (TPSA) is 38.9 Å². The molecule has 17 heavy (non-hydrogen) atoms. The predicted molar refractivity (Wildman–Crippen MR) is 66.1 cm³/mol. The highest BCUT2D eigenvalue weighted by Gasteiger charge is 2.26. The van der Waals surface area contributed by atoms with Crippen molar-refractivity contribution in [3.05, 3.63) is 34.8 Å². The molecule has 1 aliphatic rings. The molecule has 2 aromatic heterocycles. The standard InChI is InChI=1S/C13H13ClN2O/c1-2-9-5-6-11(17-9)13-15-10(8-3-4-8)7-12(14)16-13/h5-8H,2-4H2,1H3. The van der Waals surface area contributed by atoms with Crippen molar-refractivity contribution >= 4 is 11.6 Å². The Labute approximate surface area is 105 Å². The van der Waals surface area contributed by atoms with Crippen molar-refractivity contribution in [2.24, 2.45) is 0 Å². The summed E-state index contributed by atoms with van der Waals surface area (Å²) in [5, 5.41) is 0.492. The van der Waals surface area contributed by atoms with Gasteiger partial charge in [0, 0.05) is 18.0 Å². The average molecular weight is 249 g/mol. The molecule has 3 nitrogen and oxygen atoms in total. The summed E-state index contributed by atoms with van der Waals surface area (Å²) in [6, 6.07) is 5.71. The molecule has 0 N–H and O–H groups in total. The monoisotopic (exact) mass is 248 g/mol. The molecule has 3 rings (SSSR count). The molecule has 0 radical (unpaired) electrons. The Hall–Kier alpha value is -1.35. The van der Waals surface area contributed by atoms with E-state index < -0.39 is 0 Å². The summed E-state index contributed by atoms with van der Waals surface area (Å²) in [5.74, 6) is 2.80. The number of rotatable bonds is 3. The fourth-order valence-corrected chi connectivity index (χ4v) is 2.01. The molecule has 4 heteroatoms. The molecule has 0 bridgehead atoms. The molecule has 1 aliphatic carbocycles. The highest BCUT2D eigenvalue weighted by atomic mass is 35.5. The van der Waals surface area contributed by atoms with Crippen LogP contribution in [0, 0.1) is 0 Å². The van der Waals surface area contributed by atoms with Gasteiger partial charge in [-0.2, -0.15) is 0 Å². The number of halogens is 1. The van der Waals surface area contributed by atoms with Gasteiger partial charge in [-0.1, -0.05) is 18.5 Å². The SMILES string of the molecule is CCc1ccc(-c2nc(Cl)cc(C3CC3)n2)o1. The van der Waals surface area contributed by atoms with Crippen molar-refractivity contribution < 1.29 is 4.42 Å². The molecule has 0 atom stereocenters. The Morgan fingerprint density at radius 2 is 2.18 bits per heavy atom. The lowest BCUT2D eigenvalue weighted by Gasteiger charge is -2.01. The van der Waals surface area contributed by atoms with Gasteiger partial charge >= 0.3 is 0 Å². The van der Waals surface area contributed by atoms with Gasteiger partial charge in [-0.3, -0.25) is 0 Å². The zero-order chi connectivity index (χ0) is 11.8. The second kappa shape index (κ2) is 4.15. The third kappa shape index (κ3) is 2.20. The van der Waals surface area contributed by atoms with Crippen molar-refractivity contribution in [1.82, 2.24) is 9.97 Å². The van der Waals surface area contributed by atoms with Crippen LogP contribution in [-0.2, 0) is 6.42 Å². The van der Waals surface area contributed by atoms with Gasteiger partial charge in [0.1, 0.15) is 10.9 Å². The van der Waals surface area contributed by atoms with Gasteiger partial charge in [-0.25, -0.2) is 9.97 Å². The normalized spacial score (nSPS) is 15.2. The maximum atomic E-state index is 6.02. The van der Waals surface area contributed by atoms with E-state index in [4.69, 9.17) is 16.0 Å². The fourth-order valence-electron chi connectivity index (χ4n) is 1.82. The van der Waals surface area contributed by atoms with Crippen LogP contribution in [-0.4, -0.2) is 9.97 Å². The Kier molecular flexibility index (Phi) is 2.63. The molecule has 0 aromatic carbocycles. The number of furan rings is 1. The smallest absolute Gasteiger partial charge is 0.197 e. The third-order valence-electron chi connectivity index (χ3n) is 2.94. The quantitative estimate of drug-likeness (QED) is 0.775. The first-order valence-electron chi connectivity index (χ1n) is 5.90. The van der Waals surface area contributed by atoms with Crippen LogP contribution in [0.25, 0.3) is 11.6 Å². The van der Waals surface area contributed by atoms with Crippen LogP contribution in [0.1, 0.15) is 37.1 Å². The van der Waals surface area contributed by atoms with E-state index in [1.165, 1.54) is 12.8 Å². The van der Waals surface area contributed by atoms with E-state index in [1.807, 2.05) is 18.2 Å². The minimum atomic E-state index is 0.492. The Bertz CT molecular complexity index is 546. The molecule has 1 fully saturated rings. The number of nitrogens with zero attached hydrogens (tertiary/aromatic N) is 2. The van der Waals surface area contributed by atoms with Gasteiger partial charge in [-0.05, 0) is 31.0 Å². The Balaban J connectivity index is 2.01. The minimum Gasteiger partial charge on any atom is -0.458 e. The van der Waals surface area contributed by atoms with E-state index in [1.54, 1.807) is 0 Å². The summed E-state index contributed by atoms with van der Waals surface area (Å²) in [4.78, 5) is 8.75. The Morgan fingerprint density at radius 1 is 1.35 bits per heavy atom. The van der Waals surface area contributed by atoms with Crippen molar-refractivity contribution in [3.63, 3.8) is 0 Å². The van der Waals surface area contributed by atoms with Crippen LogP contribution in [0.4, 0.5) is 0 Å². The van der Waals surface area contributed by atoms with E-state index in [0.29, 0.717) is 22.7 Å². The van der Waals surface area contributed by atoms with Gasteiger partial charge in [-0.15, -0.1) is 0 Å².